The number of hydrogen-bond acceptors (Lipinski definition) is 5. The highest BCUT2D eigenvalue weighted by Crippen LogP contribution is 2.12. The van der Waals surface area contributed by atoms with Crippen molar-refractivity contribution >= 4 is 23.6 Å². The summed E-state index contributed by atoms with van der Waals surface area (Å²) < 4.78 is 5.04. The van der Waals surface area contributed by atoms with Crippen molar-refractivity contribution in [1.82, 2.24) is 5.32 Å². The molecule has 22 heavy (non-hydrogen) atoms. The Morgan fingerprint density at radius 2 is 1.86 bits per heavy atom. The van der Waals surface area contributed by atoms with Crippen LogP contribution in [0.4, 0.5) is 5.69 Å². The third-order valence-corrected chi connectivity index (χ3v) is 2.36. The number of nitrogens with zero attached hydrogens (tertiary/aromatic N) is 1. The fourth-order valence-corrected chi connectivity index (χ4v) is 1.47. The molecule has 0 saturated carbocycles. The smallest absolute Gasteiger partial charge is 0.325 e. The number of benzene rings is 1. The number of carbonyl (C=O) groups is 2. The van der Waals surface area contributed by atoms with Crippen molar-refractivity contribution in [2.45, 2.75) is 26.4 Å². The largest absolute Gasteiger partial charge is 0.459 e. The lowest BCUT2D eigenvalue weighted by Crippen LogP contribution is -2.33. The molecule has 0 aromatic heterocycles. The minimum Gasteiger partial charge on any atom is -0.459 e. The fraction of sp³-hybridized carbons (Fsp3) is 0.333. The average molecular weight is 306 g/mol. The van der Waals surface area contributed by atoms with E-state index in [9.17, 15) is 19.7 Å². The van der Waals surface area contributed by atoms with Gasteiger partial charge in [-0.05, 0) is 44.5 Å². The molecule has 1 aromatic rings. The van der Waals surface area contributed by atoms with Crippen molar-refractivity contribution in [2.75, 3.05) is 6.54 Å². The van der Waals surface area contributed by atoms with Gasteiger partial charge in [0.25, 0.3) is 5.69 Å². The van der Waals surface area contributed by atoms with Gasteiger partial charge in [0.15, 0.2) is 0 Å². The van der Waals surface area contributed by atoms with Crippen LogP contribution in [0.3, 0.4) is 0 Å². The first-order valence-electron chi connectivity index (χ1n) is 6.59. The van der Waals surface area contributed by atoms with Crippen LogP contribution in [0.25, 0.3) is 6.08 Å². The number of nitro benzene ring substituents is 1. The van der Waals surface area contributed by atoms with Gasteiger partial charge in [-0.2, -0.15) is 0 Å². The molecule has 7 nitrogen and oxygen atoms in total. The molecule has 1 aromatic carbocycles. The molecule has 0 aliphatic rings. The van der Waals surface area contributed by atoms with Crippen molar-refractivity contribution in [3.05, 3.63) is 46.0 Å². The summed E-state index contributed by atoms with van der Waals surface area (Å²) in [5.41, 5.74) is 0.0145. The molecule has 1 amide bonds. The second-order valence-corrected chi connectivity index (χ2v) is 5.49. The van der Waals surface area contributed by atoms with Crippen LogP contribution in [0.1, 0.15) is 26.3 Å². The molecule has 0 aliphatic heterocycles. The number of nitrogens with one attached hydrogen (secondary N) is 1. The van der Waals surface area contributed by atoms with Gasteiger partial charge in [-0.25, -0.2) is 0 Å². The van der Waals surface area contributed by atoms with E-state index in [2.05, 4.69) is 5.32 Å². The van der Waals surface area contributed by atoms with Crippen molar-refractivity contribution < 1.29 is 19.2 Å². The molecular formula is C15H18N2O5. The van der Waals surface area contributed by atoms with E-state index in [0.717, 1.165) is 0 Å². The van der Waals surface area contributed by atoms with Gasteiger partial charge < -0.3 is 10.1 Å². The second-order valence-electron chi connectivity index (χ2n) is 5.49. The van der Waals surface area contributed by atoms with E-state index in [1.54, 1.807) is 20.8 Å². The molecular weight excluding hydrogens is 288 g/mol. The third-order valence-electron chi connectivity index (χ3n) is 2.36. The zero-order valence-corrected chi connectivity index (χ0v) is 12.7. The quantitative estimate of drug-likeness (QED) is 0.388. The van der Waals surface area contributed by atoms with Gasteiger partial charge in [0, 0.05) is 18.2 Å². The monoisotopic (exact) mass is 306 g/mol. The Morgan fingerprint density at radius 1 is 1.27 bits per heavy atom. The lowest BCUT2D eigenvalue weighted by atomic mass is 10.2. The summed E-state index contributed by atoms with van der Waals surface area (Å²) in [4.78, 5) is 33.0. The molecule has 0 heterocycles. The van der Waals surface area contributed by atoms with E-state index < -0.39 is 22.4 Å². The van der Waals surface area contributed by atoms with E-state index in [1.807, 2.05) is 0 Å². The van der Waals surface area contributed by atoms with Crippen LogP contribution in [0.15, 0.2) is 30.3 Å². The fourth-order valence-electron chi connectivity index (χ4n) is 1.47. The molecule has 0 atom stereocenters. The predicted octanol–water partition coefficient (Wildman–Crippen LogP) is 2.07. The van der Waals surface area contributed by atoms with Crippen LogP contribution in [0.5, 0.6) is 0 Å². The maximum absolute atomic E-state index is 11.5. The standard InChI is InChI=1S/C15H18N2O5/c1-15(2,3)22-14(19)10-16-13(18)9-6-11-4-7-12(8-5-11)17(20)21/h4-9H,10H2,1-3H3,(H,16,18)/b9-6+. The first kappa shape index (κ1) is 17.4. The molecule has 118 valence electrons. The van der Waals surface area contributed by atoms with E-state index in [0.29, 0.717) is 5.56 Å². The molecule has 0 aliphatic carbocycles. The van der Waals surface area contributed by atoms with Gasteiger partial charge in [0.2, 0.25) is 5.91 Å². The van der Waals surface area contributed by atoms with Gasteiger partial charge in [-0.1, -0.05) is 0 Å². The van der Waals surface area contributed by atoms with Crippen LogP contribution in [0, 0.1) is 10.1 Å². The van der Waals surface area contributed by atoms with Crippen molar-refractivity contribution in [1.29, 1.82) is 0 Å². The predicted molar refractivity (Wildman–Crippen MR) is 81.0 cm³/mol. The summed E-state index contributed by atoms with van der Waals surface area (Å²) in [5, 5.41) is 12.9. The first-order valence-corrected chi connectivity index (χ1v) is 6.59. The maximum atomic E-state index is 11.5. The lowest BCUT2D eigenvalue weighted by Gasteiger charge is -2.19. The molecule has 7 heteroatoms. The number of nitro groups is 1. The molecule has 1 rings (SSSR count). The third kappa shape index (κ3) is 6.65. The van der Waals surface area contributed by atoms with Crippen LogP contribution < -0.4 is 5.32 Å². The molecule has 0 radical (unpaired) electrons. The highest BCUT2D eigenvalue weighted by molar-refractivity contribution is 5.93. The summed E-state index contributed by atoms with van der Waals surface area (Å²) in [7, 11) is 0. The van der Waals surface area contributed by atoms with Crippen molar-refractivity contribution in [2.24, 2.45) is 0 Å². The number of ether oxygens (including phenoxy) is 1. The topological polar surface area (TPSA) is 98.5 Å². The molecule has 0 fully saturated rings. The van der Waals surface area contributed by atoms with E-state index in [-0.39, 0.29) is 12.2 Å². The summed E-state index contributed by atoms with van der Waals surface area (Å²) in [5.74, 6) is -0.978. The summed E-state index contributed by atoms with van der Waals surface area (Å²) in [6.07, 6.45) is 2.74. The normalized spacial score (nSPS) is 11.2. The average Bonchev–Trinajstić information content (AvgIpc) is 2.41. The molecule has 0 saturated heterocycles. The number of esters is 1. The second kappa shape index (κ2) is 7.35. The number of non-ortho nitro benzene ring substituents is 1. The van der Waals surface area contributed by atoms with E-state index in [1.165, 1.54) is 36.4 Å². The minimum absolute atomic E-state index is 0.0217. The van der Waals surface area contributed by atoms with Gasteiger partial charge in [-0.3, -0.25) is 19.7 Å². The summed E-state index contributed by atoms with van der Waals surface area (Å²) in [6, 6.07) is 5.74. The van der Waals surface area contributed by atoms with Gasteiger partial charge in [-0.15, -0.1) is 0 Å². The van der Waals surface area contributed by atoms with Gasteiger partial charge in [0.1, 0.15) is 12.1 Å². The molecule has 0 unspecified atom stereocenters. The zero-order chi connectivity index (χ0) is 16.8. The number of hydrogen-bond donors (Lipinski definition) is 1. The van der Waals surface area contributed by atoms with Crippen molar-refractivity contribution in [3.8, 4) is 0 Å². The summed E-state index contributed by atoms with van der Waals surface area (Å²) >= 11 is 0. The highest BCUT2D eigenvalue weighted by Gasteiger charge is 2.16. The van der Waals surface area contributed by atoms with E-state index >= 15 is 0 Å². The Balaban J connectivity index is 2.47. The zero-order valence-electron chi connectivity index (χ0n) is 12.7. The molecule has 0 spiro atoms. The Morgan fingerprint density at radius 3 is 2.36 bits per heavy atom. The number of rotatable bonds is 5. The van der Waals surface area contributed by atoms with Crippen LogP contribution in [-0.2, 0) is 14.3 Å². The maximum Gasteiger partial charge on any atom is 0.325 e. The number of carbonyl (C=O) groups excluding carboxylic acids is 2. The summed E-state index contributed by atoms with van der Waals surface area (Å²) in [6.45, 7) is 4.99. The SMILES string of the molecule is CC(C)(C)OC(=O)CNC(=O)/C=C/c1ccc([N+](=O)[O-])cc1. The van der Waals surface area contributed by atoms with E-state index in [4.69, 9.17) is 4.74 Å². The van der Waals surface area contributed by atoms with Crippen molar-refractivity contribution in [3.63, 3.8) is 0 Å². The Kier molecular flexibility index (Phi) is 5.80. The highest BCUT2D eigenvalue weighted by atomic mass is 16.6. The lowest BCUT2D eigenvalue weighted by molar-refractivity contribution is -0.384. The molecule has 0 bridgehead atoms. The number of amides is 1. The Bertz CT molecular complexity index is 585. The van der Waals surface area contributed by atoms with Gasteiger partial charge >= 0.3 is 5.97 Å². The van der Waals surface area contributed by atoms with Crippen LogP contribution in [0.2, 0.25) is 0 Å². The van der Waals surface area contributed by atoms with Gasteiger partial charge in [0.05, 0.1) is 4.92 Å². The minimum atomic E-state index is -0.601. The van der Waals surface area contributed by atoms with Crippen LogP contribution >= 0.6 is 0 Å². The Hall–Kier alpha value is -2.70. The van der Waals surface area contributed by atoms with Crippen LogP contribution in [-0.4, -0.2) is 28.9 Å². The molecule has 1 N–H and O–H groups in total. The Labute approximate surface area is 128 Å². The first-order chi connectivity index (χ1) is 10.2.